The molecule has 1 aliphatic carbocycles. The topological polar surface area (TPSA) is 34.1 Å². The summed E-state index contributed by atoms with van der Waals surface area (Å²) in [6, 6.07) is 3.15. The lowest BCUT2D eigenvalue weighted by Crippen LogP contribution is -2.45. The fraction of sp³-hybridized carbons (Fsp3) is 0.545. The van der Waals surface area contributed by atoms with Gasteiger partial charge in [0.1, 0.15) is 0 Å². The van der Waals surface area contributed by atoms with E-state index in [0.717, 1.165) is 25.1 Å². The third-order valence-corrected chi connectivity index (χ3v) is 3.04. The van der Waals surface area contributed by atoms with Gasteiger partial charge < -0.3 is 10.1 Å². The van der Waals surface area contributed by atoms with E-state index in [1.807, 2.05) is 0 Å². The van der Waals surface area contributed by atoms with Gasteiger partial charge in [0.05, 0.1) is 5.60 Å². The van der Waals surface area contributed by atoms with Gasteiger partial charge in [0.15, 0.2) is 0 Å². The minimum absolute atomic E-state index is 0.0419. The molecule has 1 aromatic rings. The van der Waals surface area contributed by atoms with Crippen LogP contribution in [0.5, 0.6) is 0 Å². The largest absolute Gasteiger partial charge is 0.382 e. The van der Waals surface area contributed by atoms with Crippen LogP contribution in [0.15, 0.2) is 18.3 Å². The van der Waals surface area contributed by atoms with Gasteiger partial charge in [0, 0.05) is 31.6 Å². The molecule has 0 aliphatic heterocycles. The first-order valence-corrected chi connectivity index (χ1v) is 5.15. The summed E-state index contributed by atoms with van der Waals surface area (Å²) in [5.74, 6) is -0.458. The molecule has 0 bridgehead atoms. The summed E-state index contributed by atoms with van der Waals surface area (Å²) in [7, 11) is 1.73. The van der Waals surface area contributed by atoms with Crippen LogP contribution < -0.4 is 5.32 Å². The second-order valence-electron chi connectivity index (χ2n) is 3.96. The second kappa shape index (κ2) is 4.14. The number of anilines is 1. The highest BCUT2D eigenvalue weighted by atomic mass is 19.1. The van der Waals surface area contributed by atoms with Crippen molar-refractivity contribution in [3.05, 3.63) is 24.3 Å². The third kappa shape index (κ3) is 2.26. The molecule has 82 valence electrons. The summed E-state index contributed by atoms with van der Waals surface area (Å²) in [5, 5.41) is 3.17. The van der Waals surface area contributed by atoms with E-state index < -0.39 is 5.95 Å². The Labute approximate surface area is 88.7 Å². The molecule has 2 rings (SSSR count). The monoisotopic (exact) mass is 210 g/mol. The van der Waals surface area contributed by atoms with Crippen LogP contribution in [0.2, 0.25) is 0 Å². The Bertz CT molecular complexity index is 334. The Kier molecular flexibility index (Phi) is 2.86. The zero-order valence-electron chi connectivity index (χ0n) is 8.79. The van der Waals surface area contributed by atoms with Gasteiger partial charge in [0.2, 0.25) is 5.95 Å². The SMILES string of the molecule is COC1(CNc2ccnc(F)c2)CCC1. The van der Waals surface area contributed by atoms with E-state index in [4.69, 9.17) is 4.74 Å². The minimum atomic E-state index is -0.458. The standard InChI is InChI=1S/C11H15FN2O/c1-15-11(4-2-5-11)8-14-9-3-6-13-10(12)7-9/h3,6-7H,2,4-5,8H2,1H3,(H,13,14). The number of aromatic nitrogens is 1. The summed E-state index contributed by atoms with van der Waals surface area (Å²) in [6.07, 6.45) is 4.81. The predicted molar refractivity (Wildman–Crippen MR) is 56.3 cm³/mol. The maximum Gasteiger partial charge on any atom is 0.214 e. The van der Waals surface area contributed by atoms with Crippen LogP contribution in [0.3, 0.4) is 0 Å². The van der Waals surface area contributed by atoms with Crippen molar-refractivity contribution in [1.29, 1.82) is 0 Å². The van der Waals surface area contributed by atoms with Crippen molar-refractivity contribution in [2.45, 2.75) is 24.9 Å². The molecule has 0 radical (unpaired) electrons. The number of rotatable bonds is 4. The van der Waals surface area contributed by atoms with Crippen LogP contribution in [-0.4, -0.2) is 24.2 Å². The first-order valence-electron chi connectivity index (χ1n) is 5.15. The quantitative estimate of drug-likeness (QED) is 0.773. The van der Waals surface area contributed by atoms with Gasteiger partial charge in [-0.15, -0.1) is 0 Å². The van der Waals surface area contributed by atoms with Gasteiger partial charge in [-0.05, 0) is 25.3 Å². The van der Waals surface area contributed by atoms with Gasteiger partial charge in [-0.1, -0.05) is 0 Å². The Morgan fingerprint density at radius 3 is 2.93 bits per heavy atom. The molecule has 0 spiro atoms. The predicted octanol–water partition coefficient (Wildman–Crippen LogP) is 2.20. The minimum Gasteiger partial charge on any atom is -0.382 e. The molecule has 0 atom stereocenters. The smallest absolute Gasteiger partial charge is 0.214 e. The van der Waals surface area contributed by atoms with Crippen LogP contribution in [0.1, 0.15) is 19.3 Å². The molecule has 0 saturated heterocycles. The molecule has 1 heterocycles. The molecule has 0 aromatic carbocycles. The second-order valence-corrected chi connectivity index (χ2v) is 3.96. The molecular formula is C11H15FN2O. The number of nitrogens with one attached hydrogen (secondary N) is 1. The fourth-order valence-corrected chi connectivity index (χ4v) is 1.80. The molecule has 1 aromatic heterocycles. The van der Waals surface area contributed by atoms with Crippen molar-refractivity contribution in [2.75, 3.05) is 19.0 Å². The number of hydrogen-bond donors (Lipinski definition) is 1. The van der Waals surface area contributed by atoms with Crippen LogP contribution in [0, 0.1) is 5.95 Å². The Morgan fingerprint density at radius 2 is 2.40 bits per heavy atom. The number of pyridine rings is 1. The first kappa shape index (κ1) is 10.4. The van der Waals surface area contributed by atoms with E-state index in [1.54, 1.807) is 13.2 Å². The van der Waals surface area contributed by atoms with Crippen LogP contribution in [-0.2, 0) is 4.74 Å². The first-order chi connectivity index (χ1) is 7.24. The van der Waals surface area contributed by atoms with E-state index in [1.165, 1.54) is 18.7 Å². The highest BCUT2D eigenvalue weighted by molar-refractivity contribution is 5.41. The molecule has 0 amide bonds. The van der Waals surface area contributed by atoms with Gasteiger partial charge in [-0.2, -0.15) is 4.39 Å². The van der Waals surface area contributed by atoms with Gasteiger partial charge in [-0.3, -0.25) is 0 Å². The summed E-state index contributed by atoms with van der Waals surface area (Å²) in [5.41, 5.74) is 0.713. The Hall–Kier alpha value is -1.16. The molecular weight excluding hydrogens is 195 g/mol. The van der Waals surface area contributed by atoms with E-state index >= 15 is 0 Å². The Morgan fingerprint density at radius 1 is 1.60 bits per heavy atom. The number of nitrogens with zero attached hydrogens (tertiary/aromatic N) is 1. The summed E-state index contributed by atoms with van der Waals surface area (Å²) in [6.45, 7) is 0.729. The highest BCUT2D eigenvalue weighted by Gasteiger charge is 2.36. The molecule has 1 saturated carbocycles. The lowest BCUT2D eigenvalue weighted by atomic mass is 9.80. The maximum absolute atomic E-state index is 12.8. The van der Waals surface area contributed by atoms with E-state index in [9.17, 15) is 4.39 Å². The average molecular weight is 210 g/mol. The zero-order chi connectivity index (χ0) is 10.7. The van der Waals surface area contributed by atoms with Gasteiger partial charge in [-0.25, -0.2) is 4.98 Å². The third-order valence-electron chi connectivity index (χ3n) is 3.04. The van der Waals surface area contributed by atoms with E-state index in [0.29, 0.717) is 0 Å². The molecule has 0 unspecified atom stereocenters. The van der Waals surface area contributed by atoms with Crippen LogP contribution in [0.4, 0.5) is 10.1 Å². The van der Waals surface area contributed by atoms with Crippen molar-refractivity contribution in [1.82, 2.24) is 4.98 Å². The van der Waals surface area contributed by atoms with Crippen LogP contribution >= 0.6 is 0 Å². The number of methoxy groups -OCH3 is 1. The summed E-state index contributed by atoms with van der Waals surface area (Å²) >= 11 is 0. The van der Waals surface area contributed by atoms with Crippen molar-refractivity contribution in [3.63, 3.8) is 0 Å². The van der Waals surface area contributed by atoms with Crippen molar-refractivity contribution < 1.29 is 9.13 Å². The lowest BCUT2D eigenvalue weighted by molar-refractivity contribution is -0.0601. The molecule has 15 heavy (non-hydrogen) atoms. The van der Waals surface area contributed by atoms with Crippen molar-refractivity contribution in [3.8, 4) is 0 Å². The summed E-state index contributed by atoms with van der Waals surface area (Å²) < 4.78 is 18.2. The average Bonchev–Trinajstić information content (AvgIpc) is 2.17. The van der Waals surface area contributed by atoms with E-state index in [-0.39, 0.29) is 5.60 Å². The van der Waals surface area contributed by atoms with Crippen molar-refractivity contribution >= 4 is 5.69 Å². The lowest BCUT2D eigenvalue weighted by Gasteiger charge is -2.40. The van der Waals surface area contributed by atoms with Gasteiger partial charge in [0.25, 0.3) is 0 Å². The number of hydrogen-bond acceptors (Lipinski definition) is 3. The number of ether oxygens (including phenoxy) is 1. The molecule has 1 N–H and O–H groups in total. The molecule has 1 fully saturated rings. The number of halogens is 1. The highest BCUT2D eigenvalue weighted by Crippen LogP contribution is 2.34. The van der Waals surface area contributed by atoms with Crippen LogP contribution in [0.25, 0.3) is 0 Å². The summed E-state index contributed by atoms with van der Waals surface area (Å²) in [4.78, 5) is 3.50. The van der Waals surface area contributed by atoms with Crippen molar-refractivity contribution in [2.24, 2.45) is 0 Å². The Balaban J connectivity index is 1.92. The molecule has 1 aliphatic rings. The molecule has 3 nitrogen and oxygen atoms in total. The fourth-order valence-electron chi connectivity index (χ4n) is 1.80. The zero-order valence-corrected chi connectivity index (χ0v) is 8.79. The van der Waals surface area contributed by atoms with Gasteiger partial charge >= 0.3 is 0 Å². The normalized spacial score (nSPS) is 18.3. The van der Waals surface area contributed by atoms with E-state index in [2.05, 4.69) is 10.3 Å². The molecule has 4 heteroatoms. The maximum atomic E-state index is 12.8.